The Balaban J connectivity index is 3.52. The van der Waals surface area contributed by atoms with Gasteiger partial charge in [0.1, 0.15) is 0 Å². The van der Waals surface area contributed by atoms with Crippen molar-refractivity contribution in [3.63, 3.8) is 0 Å². The number of unbranched alkanes of at least 4 members (excludes halogenated alkanes) is 30. The van der Waals surface area contributed by atoms with E-state index in [9.17, 15) is 15.0 Å². The highest BCUT2D eigenvalue weighted by atomic mass is 16.3. The van der Waals surface area contributed by atoms with Crippen LogP contribution in [-0.2, 0) is 4.79 Å². The summed E-state index contributed by atoms with van der Waals surface area (Å²) in [5.74, 6) is -0.0666. The Bertz CT molecular complexity index is 691. The summed E-state index contributed by atoms with van der Waals surface area (Å²) in [6.45, 7) is 4.31. The van der Waals surface area contributed by atoms with E-state index in [-0.39, 0.29) is 12.5 Å². The van der Waals surface area contributed by atoms with Gasteiger partial charge in [0.05, 0.1) is 18.8 Å². The third-order valence-corrected chi connectivity index (χ3v) is 9.93. The molecule has 0 aromatic heterocycles. The molecule has 4 heteroatoms. The number of rotatable bonds is 39. The molecule has 2 atom stereocenters. The van der Waals surface area contributed by atoms with Crippen LogP contribution in [-0.4, -0.2) is 34.9 Å². The van der Waals surface area contributed by atoms with Gasteiger partial charge in [-0.1, -0.05) is 205 Å². The normalized spacial score (nSPS) is 13.2. The fourth-order valence-electron chi connectivity index (χ4n) is 6.58. The predicted octanol–water partition coefficient (Wildman–Crippen LogP) is 13.2. The minimum Gasteiger partial charge on any atom is -0.394 e. The molecule has 0 fully saturated rings. The Hall–Kier alpha value is -1.13. The van der Waals surface area contributed by atoms with Gasteiger partial charge in [-0.25, -0.2) is 0 Å². The van der Waals surface area contributed by atoms with Gasteiger partial charge < -0.3 is 15.5 Å². The number of hydrogen-bond acceptors (Lipinski definition) is 3. The third kappa shape index (κ3) is 36.2. The van der Waals surface area contributed by atoms with Crippen molar-refractivity contribution < 1.29 is 15.0 Å². The average Bonchev–Trinajstić information content (AvgIpc) is 3.09. The molecular weight excluding hydrogens is 590 g/mol. The van der Waals surface area contributed by atoms with Gasteiger partial charge in [-0.15, -0.1) is 0 Å². The van der Waals surface area contributed by atoms with Crippen molar-refractivity contribution >= 4 is 5.91 Å². The van der Waals surface area contributed by atoms with Crippen LogP contribution in [0.25, 0.3) is 0 Å². The SMILES string of the molecule is CCCCCCCCCCCC/C=C/C(O)C(CO)NC(=O)CCCCCCCCCC/C=C\CCCCCCCCCCCCCC. The molecular formula is C44H85NO3. The summed E-state index contributed by atoms with van der Waals surface area (Å²) in [4.78, 5) is 12.4. The van der Waals surface area contributed by atoms with Crippen LogP contribution in [0.15, 0.2) is 24.3 Å². The summed E-state index contributed by atoms with van der Waals surface area (Å²) < 4.78 is 0. The lowest BCUT2D eigenvalue weighted by atomic mass is 10.0. The molecule has 0 bridgehead atoms. The van der Waals surface area contributed by atoms with Crippen molar-refractivity contribution in [1.29, 1.82) is 0 Å². The van der Waals surface area contributed by atoms with Crippen molar-refractivity contribution in [2.24, 2.45) is 0 Å². The summed E-state index contributed by atoms with van der Waals surface area (Å²) in [5.41, 5.74) is 0. The van der Waals surface area contributed by atoms with Crippen LogP contribution in [0.1, 0.15) is 232 Å². The van der Waals surface area contributed by atoms with E-state index in [2.05, 4.69) is 31.3 Å². The molecule has 0 heterocycles. The van der Waals surface area contributed by atoms with E-state index in [0.717, 1.165) is 25.7 Å². The van der Waals surface area contributed by atoms with Gasteiger partial charge in [-0.2, -0.15) is 0 Å². The van der Waals surface area contributed by atoms with Gasteiger partial charge >= 0.3 is 0 Å². The third-order valence-electron chi connectivity index (χ3n) is 9.93. The predicted molar refractivity (Wildman–Crippen MR) is 212 cm³/mol. The number of aliphatic hydroxyl groups excluding tert-OH is 2. The second-order valence-corrected chi connectivity index (χ2v) is 14.8. The minimum absolute atomic E-state index is 0.0666. The van der Waals surface area contributed by atoms with E-state index in [1.54, 1.807) is 6.08 Å². The summed E-state index contributed by atoms with van der Waals surface area (Å²) >= 11 is 0. The maximum atomic E-state index is 12.4. The number of hydrogen-bond donors (Lipinski definition) is 3. The Kier molecular flexibility index (Phi) is 39.4. The lowest BCUT2D eigenvalue weighted by Crippen LogP contribution is -2.45. The zero-order valence-corrected chi connectivity index (χ0v) is 32.5. The molecule has 0 spiro atoms. The number of carbonyl (C=O) groups excluding carboxylic acids is 1. The summed E-state index contributed by atoms with van der Waals surface area (Å²) in [6, 6.07) is -0.620. The molecule has 0 aliphatic heterocycles. The van der Waals surface area contributed by atoms with Crippen LogP contribution >= 0.6 is 0 Å². The monoisotopic (exact) mass is 676 g/mol. The van der Waals surface area contributed by atoms with Crippen molar-refractivity contribution in [3.05, 3.63) is 24.3 Å². The van der Waals surface area contributed by atoms with Gasteiger partial charge in [-0.3, -0.25) is 4.79 Å². The molecule has 0 aromatic carbocycles. The lowest BCUT2D eigenvalue weighted by Gasteiger charge is -2.20. The fourth-order valence-corrected chi connectivity index (χ4v) is 6.58. The molecule has 3 N–H and O–H groups in total. The van der Waals surface area contributed by atoms with Crippen LogP contribution in [0.4, 0.5) is 0 Å². The Morgan fingerprint density at radius 3 is 1.15 bits per heavy atom. The van der Waals surface area contributed by atoms with Crippen LogP contribution in [0.2, 0.25) is 0 Å². The van der Waals surface area contributed by atoms with E-state index >= 15 is 0 Å². The van der Waals surface area contributed by atoms with Gasteiger partial charge in [0.15, 0.2) is 0 Å². The highest BCUT2D eigenvalue weighted by molar-refractivity contribution is 5.76. The summed E-state index contributed by atoms with van der Waals surface area (Å²) in [7, 11) is 0. The molecule has 284 valence electrons. The molecule has 1 amide bonds. The average molecular weight is 676 g/mol. The van der Waals surface area contributed by atoms with E-state index in [1.807, 2.05) is 6.08 Å². The van der Waals surface area contributed by atoms with Crippen LogP contribution in [0, 0.1) is 0 Å². The smallest absolute Gasteiger partial charge is 0.220 e. The van der Waals surface area contributed by atoms with Crippen molar-refractivity contribution in [1.82, 2.24) is 5.32 Å². The van der Waals surface area contributed by atoms with Gasteiger partial charge in [0.25, 0.3) is 0 Å². The largest absolute Gasteiger partial charge is 0.394 e. The Morgan fingerprint density at radius 2 is 0.792 bits per heavy atom. The van der Waals surface area contributed by atoms with Crippen LogP contribution in [0.3, 0.4) is 0 Å². The number of amides is 1. The molecule has 0 radical (unpaired) electrons. The van der Waals surface area contributed by atoms with E-state index < -0.39 is 12.1 Å². The highest BCUT2D eigenvalue weighted by Crippen LogP contribution is 2.15. The van der Waals surface area contributed by atoms with Crippen LogP contribution in [0.5, 0.6) is 0 Å². The number of aliphatic hydroxyl groups is 2. The fraction of sp³-hybridized carbons (Fsp3) is 0.886. The van der Waals surface area contributed by atoms with Crippen molar-refractivity contribution in [2.75, 3.05) is 6.61 Å². The summed E-state index contributed by atoms with van der Waals surface area (Å²) in [5, 5.41) is 22.9. The first-order valence-electron chi connectivity index (χ1n) is 21.6. The maximum Gasteiger partial charge on any atom is 0.220 e. The first kappa shape index (κ1) is 46.9. The second kappa shape index (κ2) is 40.3. The lowest BCUT2D eigenvalue weighted by molar-refractivity contribution is -0.123. The number of allylic oxidation sites excluding steroid dienone is 3. The molecule has 0 aliphatic rings. The Morgan fingerprint density at radius 1 is 0.479 bits per heavy atom. The van der Waals surface area contributed by atoms with Crippen molar-refractivity contribution in [2.45, 2.75) is 244 Å². The van der Waals surface area contributed by atoms with Gasteiger partial charge in [0.2, 0.25) is 5.91 Å². The highest BCUT2D eigenvalue weighted by Gasteiger charge is 2.17. The molecule has 0 saturated heterocycles. The van der Waals surface area contributed by atoms with Gasteiger partial charge in [-0.05, 0) is 44.9 Å². The van der Waals surface area contributed by atoms with E-state index in [0.29, 0.717) is 6.42 Å². The van der Waals surface area contributed by atoms with Crippen molar-refractivity contribution in [3.8, 4) is 0 Å². The zero-order chi connectivity index (χ0) is 35.0. The molecule has 48 heavy (non-hydrogen) atoms. The summed E-state index contributed by atoms with van der Waals surface area (Å²) in [6.07, 6.45) is 51.4. The molecule has 0 saturated carbocycles. The Labute approximate surface area is 300 Å². The number of nitrogens with one attached hydrogen (secondary N) is 1. The topological polar surface area (TPSA) is 69.6 Å². The van der Waals surface area contributed by atoms with Gasteiger partial charge in [0, 0.05) is 6.42 Å². The second-order valence-electron chi connectivity index (χ2n) is 14.8. The first-order chi connectivity index (χ1) is 23.7. The quantitative estimate of drug-likeness (QED) is 0.0448. The van der Waals surface area contributed by atoms with E-state index in [1.165, 1.54) is 186 Å². The molecule has 0 rings (SSSR count). The first-order valence-corrected chi connectivity index (χ1v) is 21.6. The number of carbonyl (C=O) groups is 1. The molecule has 0 aliphatic carbocycles. The minimum atomic E-state index is -0.836. The maximum absolute atomic E-state index is 12.4. The zero-order valence-electron chi connectivity index (χ0n) is 32.5. The molecule has 2 unspecified atom stereocenters. The van der Waals surface area contributed by atoms with E-state index in [4.69, 9.17) is 0 Å². The van der Waals surface area contributed by atoms with Crippen LogP contribution < -0.4 is 5.32 Å². The molecule has 0 aromatic rings. The molecule has 4 nitrogen and oxygen atoms in total. The standard InChI is InChI=1S/C44H85NO3/c1-3-5-7-9-11-13-15-17-18-19-20-21-22-23-24-25-26-27-28-30-32-34-36-38-40-44(48)45-42(41-46)43(47)39-37-35-33-31-29-16-14-12-10-8-6-4-2/h23-24,37,39,42-43,46-47H,3-22,25-36,38,40-41H2,1-2H3,(H,45,48)/b24-23-,39-37+.